The van der Waals surface area contributed by atoms with Crippen molar-refractivity contribution in [2.45, 2.75) is 26.2 Å². The third kappa shape index (κ3) is 5.71. The van der Waals surface area contributed by atoms with Crippen LogP contribution in [0.5, 0.6) is 11.5 Å². The Bertz CT molecular complexity index is 507. The van der Waals surface area contributed by atoms with Crippen LogP contribution in [-0.4, -0.2) is 20.4 Å². The molecule has 0 atom stereocenters. The lowest BCUT2D eigenvalue weighted by atomic mass is 10.3. The standard InChI is InChI=1S/C19H25O2P.ClH/c1-4-5-6-15-22(18-11-7-16(20-2)8-12-18)19-13-9-17(21-3)10-14-19;/h7-14H,4-6,15H2,1-3H3;1H. The lowest BCUT2D eigenvalue weighted by molar-refractivity contribution is 0.415. The predicted octanol–water partition coefficient (Wildman–Crippen LogP) is 4.75. The zero-order valence-corrected chi connectivity index (χ0v) is 15.8. The Labute approximate surface area is 147 Å². The minimum atomic E-state index is -0.308. The van der Waals surface area contributed by atoms with Crippen LogP contribution >= 0.6 is 20.3 Å². The molecular weight excluding hydrogens is 327 g/mol. The molecule has 0 saturated heterocycles. The van der Waals surface area contributed by atoms with Gasteiger partial charge in [-0.05, 0) is 55.4 Å². The van der Waals surface area contributed by atoms with Crippen LogP contribution in [0, 0.1) is 0 Å². The Balaban J connectivity index is 0.00000264. The molecule has 0 aliphatic carbocycles. The summed E-state index contributed by atoms with van der Waals surface area (Å²) in [6.45, 7) is 2.25. The quantitative estimate of drug-likeness (QED) is 0.504. The van der Waals surface area contributed by atoms with E-state index in [1.54, 1.807) is 14.2 Å². The first-order valence-electron chi connectivity index (χ1n) is 7.84. The molecule has 0 aliphatic heterocycles. The third-order valence-corrected chi connectivity index (χ3v) is 6.36. The second-order valence-electron chi connectivity index (χ2n) is 5.25. The van der Waals surface area contributed by atoms with Crippen LogP contribution in [0.25, 0.3) is 0 Å². The van der Waals surface area contributed by atoms with E-state index in [4.69, 9.17) is 9.47 Å². The molecule has 0 heterocycles. The molecule has 126 valence electrons. The maximum atomic E-state index is 5.27. The summed E-state index contributed by atoms with van der Waals surface area (Å²) in [5, 5.41) is 2.83. The van der Waals surface area contributed by atoms with Gasteiger partial charge in [0, 0.05) is 0 Å². The lowest BCUT2D eigenvalue weighted by Crippen LogP contribution is -2.14. The van der Waals surface area contributed by atoms with Crippen molar-refractivity contribution in [1.82, 2.24) is 0 Å². The Hall–Kier alpha value is -1.24. The van der Waals surface area contributed by atoms with Crippen LogP contribution in [0.15, 0.2) is 48.5 Å². The third-order valence-electron chi connectivity index (χ3n) is 3.75. The van der Waals surface area contributed by atoms with Crippen LogP contribution in [0.4, 0.5) is 0 Å². The van der Waals surface area contributed by atoms with Crippen molar-refractivity contribution >= 4 is 30.9 Å². The van der Waals surface area contributed by atoms with E-state index in [1.807, 2.05) is 0 Å². The lowest BCUT2D eigenvalue weighted by Gasteiger charge is -2.19. The molecule has 0 unspecified atom stereocenters. The maximum absolute atomic E-state index is 5.27. The molecule has 2 nitrogen and oxygen atoms in total. The van der Waals surface area contributed by atoms with E-state index in [0.29, 0.717) is 0 Å². The van der Waals surface area contributed by atoms with Gasteiger partial charge in [-0.1, -0.05) is 44.0 Å². The monoisotopic (exact) mass is 352 g/mol. The second kappa shape index (κ2) is 10.5. The van der Waals surface area contributed by atoms with Gasteiger partial charge in [0.2, 0.25) is 0 Å². The number of hydrogen-bond donors (Lipinski definition) is 0. The highest BCUT2D eigenvalue weighted by Crippen LogP contribution is 2.35. The summed E-state index contributed by atoms with van der Waals surface area (Å²) in [4.78, 5) is 0. The van der Waals surface area contributed by atoms with Crippen molar-refractivity contribution in [2.75, 3.05) is 20.4 Å². The predicted molar refractivity (Wildman–Crippen MR) is 104 cm³/mol. The average molecular weight is 353 g/mol. The van der Waals surface area contributed by atoms with E-state index in [9.17, 15) is 0 Å². The van der Waals surface area contributed by atoms with Gasteiger partial charge >= 0.3 is 0 Å². The molecule has 4 heteroatoms. The Morgan fingerprint density at radius 3 is 1.52 bits per heavy atom. The van der Waals surface area contributed by atoms with E-state index in [2.05, 4.69) is 55.5 Å². The zero-order chi connectivity index (χ0) is 15.8. The van der Waals surface area contributed by atoms with E-state index < -0.39 is 0 Å². The summed E-state index contributed by atoms with van der Waals surface area (Å²) in [5.41, 5.74) is 0. The fourth-order valence-corrected chi connectivity index (χ4v) is 4.82. The molecule has 0 spiro atoms. The minimum absolute atomic E-state index is 0. The normalized spacial score (nSPS) is 10.3. The number of ether oxygens (including phenoxy) is 2. The van der Waals surface area contributed by atoms with Crippen LogP contribution in [0.3, 0.4) is 0 Å². The first kappa shape index (κ1) is 19.8. The molecule has 0 radical (unpaired) electrons. The van der Waals surface area contributed by atoms with Crippen molar-refractivity contribution in [1.29, 1.82) is 0 Å². The summed E-state index contributed by atoms with van der Waals surface area (Å²) in [5.74, 6) is 1.84. The minimum Gasteiger partial charge on any atom is -0.497 e. The number of rotatable bonds is 8. The van der Waals surface area contributed by atoms with Crippen molar-refractivity contribution in [3.63, 3.8) is 0 Å². The van der Waals surface area contributed by atoms with Gasteiger partial charge in [-0.15, -0.1) is 12.4 Å². The topological polar surface area (TPSA) is 18.5 Å². The molecule has 0 saturated carbocycles. The molecule has 2 aromatic rings. The van der Waals surface area contributed by atoms with E-state index in [1.165, 1.54) is 36.0 Å². The number of benzene rings is 2. The molecule has 0 aliphatic rings. The van der Waals surface area contributed by atoms with Crippen LogP contribution in [0.2, 0.25) is 0 Å². The van der Waals surface area contributed by atoms with Crippen LogP contribution < -0.4 is 20.1 Å². The highest BCUT2D eigenvalue weighted by atomic mass is 35.5. The van der Waals surface area contributed by atoms with Gasteiger partial charge < -0.3 is 9.47 Å². The molecule has 23 heavy (non-hydrogen) atoms. The SMILES string of the molecule is CCCCCP(c1ccc(OC)cc1)c1ccc(OC)cc1.Cl. The molecule has 2 rings (SSSR count). The van der Waals surface area contributed by atoms with E-state index in [-0.39, 0.29) is 20.3 Å². The van der Waals surface area contributed by atoms with Crippen molar-refractivity contribution in [3.8, 4) is 11.5 Å². The summed E-state index contributed by atoms with van der Waals surface area (Å²) in [6.07, 6.45) is 5.07. The van der Waals surface area contributed by atoms with Gasteiger partial charge in [0.15, 0.2) is 0 Å². The fraction of sp³-hybridized carbons (Fsp3) is 0.368. The van der Waals surface area contributed by atoms with Gasteiger partial charge in [0.1, 0.15) is 11.5 Å². The second-order valence-corrected chi connectivity index (χ2v) is 7.59. The summed E-state index contributed by atoms with van der Waals surface area (Å²) in [7, 11) is 3.11. The first-order valence-corrected chi connectivity index (χ1v) is 9.36. The molecule has 0 fully saturated rings. The van der Waals surface area contributed by atoms with Crippen LogP contribution in [0.1, 0.15) is 26.2 Å². The van der Waals surface area contributed by atoms with Crippen molar-refractivity contribution < 1.29 is 9.47 Å². The van der Waals surface area contributed by atoms with Crippen molar-refractivity contribution in [2.24, 2.45) is 0 Å². The number of halogens is 1. The van der Waals surface area contributed by atoms with Gasteiger partial charge in [-0.25, -0.2) is 0 Å². The van der Waals surface area contributed by atoms with Gasteiger partial charge in [0.25, 0.3) is 0 Å². The largest absolute Gasteiger partial charge is 0.497 e. The summed E-state index contributed by atoms with van der Waals surface area (Å²) >= 11 is 0. The van der Waals surface area contributed by atoms with Gasteiger partial charge in [0.05, 0.1) is 14.2 Å². The molecule has 0 N–H and O–H groups in total. The first-order chi connectivity index (χ1) is 10.8. The Morgan fingerprint density at radius 2 is 1.17 bits per heavy atom. The highest BCUT2D eigenvalue weighted by molar-refractivity contribution is 7.73. The smallest absolute Gasteiger partial charge is 0.118 e. The molecule has 0 aromatic heterocycles. The van der Waals surface area contributed by atoms with Gasteiger partial charge in [-0.2, -0.15) is 0 Å². The number of unbranched alkanes of at least 4 members (excludes halogenated alkanes) is 2. The summed E-state index contributed by atoms with van der Waals surface area (Å²) in [6, 6.07) is 17.1. The van der Waals surface area contributed by atoms with Crippen LogP contribution in [-0.2, 0) is 0 Å². The average Bonchev–Trinajstić information content (AvgIpc) is 2.59. The summed E-state index contributed by atoms with van der Waals surface area (Å²) < 4.78 is 10.5. The number of methoxy groups -OCH3 is 2. The molecular formula is C19H26ClO2P. The van der Waals surface area contributed by atoms with Gasteiger partial charge in [-0.3, -0.25) is 0 Å². The van der Waals surface area contributed by atoms with E-state index in [0.717, 1.165) is 11.5 Å². The number of hydrogen-bond acceptors (Lipinski definition) is 2. The van der Waals surface area contributed by atoms with Crippen molar-refractivity contribution in [3.05, 3.63) is 48.5 Å². The fourth-order valence-electron chi connectivity index (χ4n) is 2.45. The molecule has 0 bridgehead atoms. The zero-order valence-electron chi connectivity index (χ0n) is 14.1. The van der Waals surface area contributed by atoms with E-state index >= 15 is 0 Å². The Kier molecular flexibility index (Phi) is 9.06. The Morgan fingerprint density at radius 1 is 0.739 bits per heavy atom. The highest BCUT2D eigenvalue weighted by Gasteiger charge is 2.13. The molecule has 2 aromatic carbocycles. The molecule has 0 amide bonds. The maximum Gasteiger partial charge on any atom is 0.118 e.